The summed E-state index contributed by atoms with van der Waals surface area (Å²) in [6.45, 7) is 2.26. The van der Waals surface area contributed by atoms with E-state index in [-0.39, 0.29) is 24.0 Å². The lowest BCUT2D eigenvalue weighted by atomic mass is 10.1. The molecule has 0 aliphatic carbocycles. The Kier molecular flexibility index (Phi) is 5.61. The molecule has 0 spiro atoms. The third-order valence-electron chi connectivity index (χ3n) is 5.15. The van der Waals surface area contributed by atoms with Gasteiger partial charge in [0.05, 0.1) is 18.0 Å². The third-order valence-corrected chi connectivity index (χ3v) is 6.54. The summed E-state index contributed by atoms with van der Waals surface area (Å²) in [5.41, 5.74) is 1.06. The van der Waals surface area contributed by atoms with Crippen molar-refractivity contribution >= 4 is 39.1 Å². The molecule has 142 valence electrons. The van der Waals surface area contributed by atoms with Gasteiger partial charge in [-0.1, -0.05) is 34.1 Å². The highest BCUT2D eigenvalue weighted by Gasteiger charge is 2.38. The Bertz CT molecular complexity index is 809. The van der Waals surface area contributed by atoms with E-state index < -0.39 is 0 Å². The highest BCUT2D eigenvalue weighted by molar-refractivity contribution is 9.10. The average Bonchev–Trinajstić information content (AvgIpc) is 3.39. The Morgan fingerprint density at radius 1 is 1.15 bits per heavy atom. The number of ether oxygens (including phenoxy) is 1. The molecule has 1 unspecified atom stereocenters. The van der Waals surface area contributed by atoms with Crippen molar-refractivity contribution in [1.29, 1.82) is 0 Å². The van der Waals surface area contributed by atoms with E-state index in [1.54, 1.807) is 4.90 Å². The molecule has 0 saturated carbocycles. The Morgan fingerprint density at radius 2 is 1.96 bits per heavy atom. The normalized spacial score (nSPS) is 22.9. The van der Waals surface area contributed by atoms with E-state index in [1.165, 1.54) is 11.3 Å². The minimum atomic E-state index is -0.358. The first-order chi connectivity index (χ1) is 13.1. The van der Waals surface area contributed by atoms with Crippen molar-refractivity contribution < 1.29 is 14.3 Å². The van der Waals surface area contributed by atoms with E-state index in [4.69, 9.17) is 4.74 Å². The molecule has 2 aliphatic rings. The van der Waals surface area contributed by atoms with Crippen LogP contribution in [0, 0.1) is 0 Å². The standard InChI is InChI=1S/C20H21BrN2O3S/c21-15-7-5-14(6-8-15)17-13-22(10-11-26-17)19(24)16-3-1-9-23(16)20(25)18-4-2-12-27-18/h2,4-8,12,16-17H,1,3,9-11,13H2/t16-,17?/m0/s1. The molecule has 1 aromatic heterocycles. The Labute approximate surface area is 171 Å². The molecule has 2 aromatic rings. The van der Waals surface area contributed by atoms with Crippen molar-refractivity contribution in [1.82, 2.24) is 9.80 Å². The number of morpholine rings is 1. The second-order valence-electron chi connectivity index (χ2n) is 6.83. The zero-order valence-electron chi connectivity index (χ0n) is 14.8. The maximum Gasteiger partial charge on any atom is 0.264 e. The zero-order valence-corrected chi connectivity index (χ0v) is 17.2. The predicted octanol–water partition coefficient (Wildman–Crippen LogP) is 3.72. The first kappa shape index (κ1) is 18.7. The molecule has 5 nitrogen and oxygen atoms in total. The maximum atomic E-state index is 13.2. The van der Waals surface area contributed by atoms with Crippen LogP contribution in [0.15, 0.2) is 46.3 Å². The smallest absolute Gasteiger partial charge is 0.264 e. The quantitative estimate of drug-likeness (QED) is 0.718. The van der Waals surface area contributed by atoms with E-state index in [0.717, 1.165) is 22.9 Å². The van der Waals surface area contributed by atoms with Crippen molar-refractivity contribution in [3.63, 3.8) is 0 Å². The molecule has 1 aromatic carbocycles. The van der Waals surface area contributed by atoms with Gasteiger partial charge in [0.25, 0.3) is 5.91 Å². The minimum Gasteiger partial charge on any atom is -0.370 e. The molecule has 4 rings (SSSR count). The molecule has 7 heteroatoms. The van der Waals surface area contributed by atoms with Crippen LogP contribution < -0.4 is 0 Å². The summed E-state index contributed by atoms with van der Waals surface area (Å²) in [4.78, 5) is 30.3. The van der Waals surface area contributed by atoms with Crippen LogP contribution in [0.2, 0.25) is 0 Å². The number of likely N-dealkylation sites (tertiary alicyclic amines) is 1. The number of halogens is 1. The molecule has 2 saturated heterocycles. The highest BCUT2D eigenvalue weighted by Crippen LogP contribution is 2.27. The summed E-state index contributed by atoms with van der Waals surface area (Å²) in [5.74, 6) is 0.0152. The summed E-state index contributed by atoms with van der Waals surface area (Å²) in [5, 5.41) is 1.89. The van der Waals surface area contributed by atoms with Crippen LogP contribution in [0.1, 0.15) is 34.2 Å². The van der Waals surface area contributed by atoms with Gasteiger partial charge in [-0.3, -0.25) is 9.59 Å². The van der Waals surface area contributed by atoms with Gasteiger partial charge in [0, 0.05) is 17.6 Å². The lowest BCUT2D eigenvalue weighted by Crippen LogP contribution is -2.51. The Morgan fingerprint density at radius 3 is 2.70 bits per heavy atom. The second-order valence-corrected chi connectivity index (χ2v) is 8.69. The van der Waals surface area contributed by atoms with E-state index in [9.17, 15) is 9.59 Å². The van der Waals surface area contributed by atoms with Gasteiger partial charge in [0.1, 0.15) is 12.1 Å². The number of carbonyl (C=O) groups excluding carboxylic acids is 2. The SMILES string of the molecule is O=C([C@@H]1CCCN1C(=O)c1cccs1)N1CCOC(c2ccc(Br)cc2)C1. The summed E-state index contributed by atoms with van der Waals surface area (Å²) in [6.07, 6.45) is 1.48. The number of thiophene rings is 1. The molecule has 2 amide bonds. The van der Waals surface area contributed by atoms with Gasteiger partial charge < -0.3 is 14.5 Å². The van der Waals surface area contributed by atoms with Crippen LogP contribution in [0.4, 0.5) is 0 Å². The largest absolute Gasteiger partial charge is 0.370 e. The van der Waals surface area contributed by atoms with Crippen LogP contribution in [0.5, 0.6) is 0 Å². The summed E-state index contributed by atoms with van der Waals surface area (Å²) < 4.78 is 6.91. The molecule has 3 heterocycles. The summed E-state index contributed by atoms with van der Waals surface area (Å²) >= 11 is 4.87. The average molecular weight is 449 g/mol. The lowest BCUT2D eigenvalue weighted by molar-refractivity contribution is -0.143. The van der Waals surface area contributed by atoms with E-state index in [0.29, 0.717) is 31.1 Å². The molecule has 2 atom stereocenters. The van der Waals surface area contributed by atoms with Crippen LogP contribution in [0.25, 0.3) is 0 Å². The van der Waals surface area contributed by atoms with Crippen LogP contribution in [0.3, 0.4) is 0 Å². The number of benzene rings is 1. The number of hydrogen-bond acceptors (Lipinski definition) is 4. The Balaban J connectivity index is 1.46. The van der Waals surface area contributed by atoms with Crippen molar-refractivity contribution in [2.24, 2.45) is 0 Å². The van der Waals surface area contributed by atoms with Crippen molar-refractivity contribution in [2.45, 2.75) is 25.0 Å². The van der Waals surface area contributed by atoms with Gasteiger partial charge in [-0.25, -0.2) is 0 Å². The first-order valence-electron chi connectivity index (χ1n) is 9.14. The molecule has 27 heavy (non-hydrogen) atoms. The number of amides is 2. The first-order valence-corrected chi connectivity index (χ1v) is 10.8. The van der Waals surface area contributed by atoms with Crippen LogP contribution >= 0.6 is 27.3 Å². The molecular formula is C20H21BrN2O3S. The maximum absolute atomic E-state index is 13.2. The van der Waals surface area contributed by atoms with Gasteiger partial charge >= 0.3 is 0 Å². The Hall–Kier alpha value is -1.70. The zero-order chi connectivity index (χ0) is 18.8. The predicted molar refractivity (Wildman–Crippen MR) is 108 cm³/mol. The van der Waals surface area contributed by atoms with Crippen LogP contribution in [-0.2, 0) is 9.53 Å². The number of hydrogen-bond donors (Lipinski definition) is 0. The van der Waals surface area contributed by atoms with Gasteiger partial charge in [-0.05, 0) is 42.0 Å². The molecule has 0 N–H and O–H groups in total. The van der Waals surface area contributed by atoms with Gasteiger partial charge in [-0.2, -0.15) is 0 Å². The fourth-order valence-electron chi connectivity index (χ4n) is 3.75. The molecule has 0 bridgehead atoms. The van der Waals surface area contributed by atoms with Crippen molar-refractivity contribution in [2.75, 3.05) is 26.2 Å². The van der Waals surface area contributed by atoms with Crippen molar-refractivity contribution in [3.05, 3.63) is 56.7 Å². The second kappa shape index (κ2) is 8.12. The monoisotopic (exact) mass is 448 g/mol. The molecule has 2 fully saturated rings. The van der Waals surface area contributed by atoms with Gasteiger partial charge in [0.2, 0.25) is 5.91 Å². The molecular weight excluding hydrogens is 428 g/mol. The molecule has 0 radical (unpaired) electrons. The van der Waals surface area contributed by atoms with E-state index in [1.807, 2.05) is 46.7 Å². The van der Waals surface area contributed by atoms with Gasteiger partial charge in [0.15, 0.2) is 0 Å². The van der Waals surface area contributed by atoms with Crippen molar-refractivity contribution in [3.8, 4) is 0 Å². The van der Waals surface area contributed by atoms with E-state index in [2.05, 4.69) is 15.9 Å². The third kappa shape index (κ3) is 3.95. The number of carbonyl (C=O) groups is 2. The fraction of sp³-hybridized carbons (Fsp3) is 0.400. The topological polar surface area (TPSA) is 49.9 Å². The molecule has 2 aliphatic heterocycles. The summed E-state index contributed by atoms with van der Waals surface area (Å²) in [6, 6.07) is 11.3. The number of rotatable bonds is 3. The highest BCUT2D eigenvalue weighted by atomic mass is 79.9. The van der Waals surface area contributed by atoms with E-state index >= 15 is 0 Å². The van der Waals surface area contributed by atoms with Gasteiger partial charge in [-0.15, -0.1) is 11.3 Å². The lowest BCUT2D eigenvalue weighted by Gasteiger charge is -2.36. The minimum absolute atomic E-state index is 0.0291. The fourth-order valence-corrected chi connectivity index (χ4v) is 4.69. The van der Waals surface area contributed by atoms with Crippen LogP contribution in [-0.4, -0.2) is 53.9 Å². The number of nitrogens with zero attached hydrogens (tertiary/aromatic N) is 2. The summed E-state index contributed by atoms with van der Waals surface area (Å²) in [7, 11) is 0.